The van der Waals surface area contributed by atoms with Crippen molar-refractivity contribution in [3.8, 4) is 5.75 Å². The molecule has 1 aliphatic rings. The summed E-state index contributed by atoms with van der Waals surface area (Å²) in [5.74, 6) is -1.18. The maximum absolute atomic E-state index is 14.5. The highest BCUT2D eigenvalue weighted by molar-refractivity contribution is 9.10. The van der Waals surface area contributed by atoms with Crippen LogP contribution in [0, 0.1) is 11.6 Å². The molecule has 0 spiro atoms. The smallest absolute Gasteiger partial charge is 0.407 e. The number of ether oxygens (including phenoxy) is 1. The van der Waals surface area contributed by atoms with Gasteiger partial charge in [0.05, 0.1) is 22.2 Å². The van der Waals surface area contributed by atoms with Crippen molar-refractivity contribution in [1.82, 2.24) is 9.80 Å². The minimum absolute atomic E-state index is 0.00451. The number of hydrogen-bond acceptors (Lipinski definition) is 4. The fraction of sp³-hybridized carbons (Fsp3) is 0.360. The topological polar surface area (TPSA) is 70.1 Å². The van der Waals surface area contributed by atoms with E-state index in [2.05, 4.69) is 15.9 Å². The van der Waals surface area contributed by atoms with E-state index in [1.165, 1.54) is 4.90 Å². The number of amides is 2. The summed E-state index contributed by atoms with van der Waals surface area (Å²) in [6, 6.07) is 7.11. The first kappa shape index (κ1) is 26.6. The summed E-state index contributed by atoms with van der Waals surface area (Å²) in [4.78, 5) is 28.3. The predicted molar refractivity (Wildman–Crippen MR) is 139 cm³/mol. The molecule has 0 aliphatic heterocycles. The molecule has 2 amide bonds. The van der Waals surface area contributed by atoms with Gasteiger partial charge in [0.2, 0.25) is 0 Å². The number of hydrogen-bond donors (Lipinski definition) is 1. The van der Waals surface area contributed by atoms with Crippen LogP contribution in [0.3, 0.4) is 0 Å². The van der Waals surface area contributed by atoms with E-state index >= 15 is 0 Å². The second-order valence-corrected chi connectivity index (χ2v) is 11.0. The summed E-state index contributed by atoms with van der Waals surface area (Å²) in [6.07, 6.45) is 1.30. The Morgan fingerprint density at radius 3 is 2.39 bits per heavy atom. The van der Waals surface area contributed by atoms with E-state index < -0.39 is 23.6 Å². The molecule has 192 valence electrons. The number of halogens is 4. The van der Waals surface area contributed by atoms with E-state index in [9.17, 15) is 23.5 Å². The molecule has 36 heavy (non-hydrogen) atoms. The molecular formula is C25H24BrClF2N2O4S. The average Bonchev–Trinajstić information content (AvgIpc) is 3.22. The Hall–Kier alpha value is -2.43. The van der Waals surface area contributed by atoms with Gasteiger partial charge in [0.25, 0.3) is 5.91 Å². The number of carbonyl (C=O) groups excluding carboxylic acids is 1. The van der Waals surface area contributed by atoms with E-state index in [1.807, 2.05) is 12.1 Å². The summed E-state index contributed by atoms with van der Waals surface area (Å²) >= 11 is 10.7. The lowest BCUT2D eigenvalue weighted by molar-refractivity contribution is 0.0555. The van der Waals surface area contributed by atoms with E-state index in [0.717, 1.165) is 33.5 Å². The number of fused-ring (bicyclic) bond motifs is 1. The second kappa shape index (κ2) is 10.9. The number of benzene rings is 2. The molecule has 1 heterocycles. The van der Waals surface area contributed by atoms with Crippen LogP contribution >= 0.6 is 38.9 Å². The van der Waals surface area contributed by atoms with Gasteiger partial charge in [-0.1, -0.05) is 27.5 Å². The molecule has 2 aromatic carbocycles. The molecule has 1 aromatic heterocycles. The molecule has 1 N–H and O–H groups in total. The highest BCUT2D eigenvalue weighted by atomic mass is 79.9. The van der Waals surface area contributed by atoms with E-state index in [0.29, 0.717) is 31.4 Å². The van der Waals surface area contributed by atoms with Crippen LogP contribution in [0.5, 0.6) is 5.75 Å². The van der Waals surface area contributed by atoms with Crippen LogP contribution in [-0.2, 0) is 6.54 Å². The Labute approximate surface area is 224 Å². The summed E-state index contributed by atoms with van der Waals surface area (Å²) < 4.78 is 35.2. The fourth-order valence-electron chi connectivity index (χ4n) is 4.70. The molecule has 11 heteroatoms. The first-order valence-corrected chi connectivity index (χ1v) is 13.3. The highest BCUT2D eigenvalue weighted by Gasteiger charge is 2.34. The second-order valence-electron chi connectivity index (χ2n) is 8.72. The Bertz CT molecular complexity index is 1310. The number of nitrogens with zero attached hydrogens (tertiary/aromatic N) is 2. The van der Waals surface area contributed by atoms with Gasteiger partial charge in [-0.2, -0.15) is 0 Å². The largest absolute Gasteiger partial charge is 0.496 e. The quantitative estimate of drug-likeness (QED) is 0.325. The SMILES string of the molecule is COc1ccc(Br)cc1CN(C(=O)c1sc2c(F)ccc(F)c2c1Cl)C1CCC(N(C)C(=O)O)CC1. The molecule has 1 saturated carbocycles. The van der Waals surface area contributed by atoms with Crippen LogP contribution < -0.4 is 4.74 Å². The van der Waals surface area contributed by atoms with Crippen LogP contribution in [-0.4, -0.2) is 53.1 Å². The van der Waals surface area contributed by atoms with E-state index in [4.69, 9.17) is 16.3 Å². The Morgan fingerprint density at radius 2 is 1.78 bits per heavy atom. The molecule has 6 nitrogen and oxygen atoms in total. The Morgan fingerprint density at radius 1 is 1.14 bits per heavy atom. The lowest BCUT2D eigenvalue weighted by atomic mass is 9.89. The van der Waals surface area contributed by atoms with Crippen molar-refractivity contribution in [2.75, 3.05) is 14.2 Å². The molecule has 1 fully saturated rings. The van der Waals surface area contributed by atoms with Gasteiger partial charge in [-0.15, -0.1) is 11.3 Å². The van der Waals surface area contributed by atoms with Gasteiger partial charge in [-0.05, 0) is 56.0 Å². The highest BCUT2D eigenvalue weighted by Crippen LogP contribution is 2.40. The first-order chi connectivity index (χ1) is 17.1. The third kappa shape index (κ3) is 5.17. The third-order valence-corrected chi connectivity index (χ3v) is 8.85. The van der Waals surface area contributed by atoms with Crippen LogP contribution in [0.1, 0.15) is 40.9 Å². The summed E-state index contributed by atoms with van der Waals surface area (Å²) in [7, 11) is 3.09. The van der Waals surface area contributed by atoms with Gasteiger partial charge in [0, 0.05) is 35.7 Å². The van der Waals surface area contributed by atoms with Crippen LogP contribution in [0.2, 0.25) is 5.02 Å². The van der Waals surface area contributed by atoms with Gasteiger partial charge in [0.15, 0.2) is 0 Å². The van der Waals surface area contributed by atoms with Crippen molar-refractivity contribution < 1.29 is 28.2 Å². The van der Waals surface area contributed by atoms with Crippen molar-refractivity contribution in [2.45, 2.75) is 44.3 Å². The zero-order chi connectivity index (χ0) is 26.1. The zero-order valence-corrected chi connectivity index (χ0v) is 22.7. The molecule has 4 rings (SSSR count). The van der Waals surface area contributed by atoms with Crippen molar-refractivity contribution >= 4 is 61.0 Å². The third-order valence-electron chi connectivity index (χ3n) is 6.68. The summed E-state index contributed by atoms with van der Waals surface area (Å²) in [5.41, 5.74) is 0.750. The normalized spacial score (nSPS) is 17.7. The van der Waals surface area contributed by atoms with E-state index in [-0.39, 0.29) is 38.6 Å². The van der Waals surface area contributed by atoms with Gasteiger partial charge in [0.1, 0.15) is 22.3 Å². The molecule has 0 bridgehead atoms. The molecule has 0 unspecified atom stereocenters. The number of rotatable bonds is 6. The van der Waals surface area contributed by atoms with Gasteiger partial charge in [-0.25, -0.2) is 13.6 Å². The minimum Gasteiger partial charge on any atom is -0.496 e. The van der Waals surface area contributed by atoms with Gasteiger partial charge in [-0.3, -0.25) is 4.79 Å². The Kier molecular flexibility index (Phi) is 8.06. The summed E-state index contributed by atoms with van der Waals surface area (Å²) in [6.45, 7) is 0.182. The van der Waals surface area contributed by atoms with Crippen LogP contribution in [0.4, 0.5) is 13.6 Å². The van der Waals surface area contributed by atoms with Crippen LogP contribution in [0.25, 0.3) is 10.1 Å². The monoisotopic (exact) mass is 600 g/mol. The standard InChI is InChI=1S/C25H24BrClF2N2O4S/c1-30(25(33)34)15-4-6-16(7-5-15)31(12-13-11-14(26)3-10-19(13)35-2)24(32)23-21(27)20-17(28)8-9-18(29)22(20)36-23/h3,8-11,15-16H,4-7,12H2,1-2H3,(H,33,34). The van der Waals surface area contributed by atoms with Gasteiger partial charge < -0.3 is 19.6 Å². The minimum atomic E-state index is -0.994. The fourth-order valence-corrected chi connectivity index (χ4v) is 6.61. The van der Waals surface area contributed by atoms with Crippen molar-refractivity contribution in [3.05, 3.63) is 61.9 Å². The molecule has 1 aliphatic carbocycles. The maximum Gasteiger partial charge on any atom is 0.407 e. The predicted octanol–water partition coefficient (Wildman–Crippen LogP) is 7.17. The lowest BCUT2D eigenvalue weighted by Gasteiger charge is -2.39. The molecule has 0 radical (unpaired) electrons. The van der Waals surface area contributed by atoms with Gasteiger partial charge >= 0.3 is 6.09 Å². The number of methoxy groups -OCH3 is 1. The zero-order valence-electron chi connectivity index (χ0n) is 19.6. The van der Waals surface area contributed by atoms with Crippen molar-refractivity contribution in [3.63, 3.8) is 0 Å². The average molecular weight is 602 g/mol. The maximum atomic E-state index is 14.5. The lowest BCUT2D eigenvalue weighted by Crippen LogP contribution is -2.46. The molecular weight excluding hydrogens is 578 g/mol. The molecule has 3 aromatic rings. The Balaban J connectivity index is 1.72. The number of thiophene rings is 1. The van der Waals surface area contributed by atoms with Crippen molar-refractivity contribution in [1.29, 1.82) is 0 Å². The van der Waals surface area contributed by atoms with E-state index in [1.54, 1.807) is 25.1 Å². The number of carboxylic acid groups (broad SMARTS) is 1. The van der Waals surface area contributed by atoms with Crippen LogP contribution in [0.15, 0.2) is 34.8 Å². The molecule has 0 atom stereocenters. The molecule has 0 saturated heterocycles. The summed E-state index contributed by atoms with van der Waals surface area (Å²) in [5, 5.41) is 9.13. The van der Waals surface area contributed by atoms with Crippen molar-refractivity contribution in [2.24, 2.45) is 0 Å². The first-order valence-electron chi connectivity index (χ1n) is 11.3. The number of carbonyl (C=O) groups is 2.